The fourth-order valence-corrected chi connectivity index (χ4v) is 2.96. The predicted molar refractivity (Wildman–Crippen MR) is 96.1 cm³/mol. The van der Waals surface area contributed by atoms with Crippen molar-refractivity contribution in [2.24, 2.45) is 0 Å². The lowest BCUT2D eigenvalue weighted by atomic mass is 10.00. The third-order valence-corrected chi connectivity index (χ3v) is 4.39. The van der Waals surface area contributed by atoms with Gasteiger partial charge in [0.25, 0.3) is 0 Å². The first-order chi connectivity index (χ1) is 12.0. The smallest absolute Gasteiger partial charge is 0.193 e. The van der Waals surface area contributed by atoms with Crippen LogP contribution in [-0.4, -0.2) is 31.4 Å². The van der Waals surface area contributed by atoms with Crippen LogP contribution in [0.1, 0.15) is 41.8 Å². The van der Waals surface area contributed by atoms with Crippen LogP contribution in [0.2, 0.25) is 0 Å². The second kappa shape index (κ2) is 7.38. The Hall–Kier alpha value is -2.17. The first kappa shape index (κ1) is 17.6. The van der Waals surface area contributed by atoms with Gasteiger partial charge in [-0.1, -0.05) is 24.3 Å². The molecule has 0 amide bonds. The summed E-state index contributed by atoms with van der Waals surface area (Å²) in [6.45, 7) is 4.51. The third-order valence-electron chi connectivity index (χ3n) is 4.39. The molecule has 3 rings (SSSR count). The summed E-state index contributed by atoms with van der Waals surface area (Å²) in [5.41, 5.74) is 2.54. The molecule has 0 N–H and O–H groups in total. The third kappa shape index (κ3) is 4.47. The number of rotatable bonds is 6. The molecular weight excluding hydrogens is 316 g/mol. The average molecular weight is 340 g/mol. The molecule has 25 heavy (non-hydrogen) atoms. The van der Waals surface area contributed by atoms with E-state index in [1.165, 1.54) is 5.56 Å². The first-order valence-electron chi connectivity index (χ1n) is 8.56. The van der Waals surface area contributed by atoms with Gasteiger partial charge in [0.05, 0.1) is 19.8 Å². The monoisotopic (exact) mass is 340 g/mol. The minimum atomic E-state index is -0.473. The Labute approximate surface area is 148 Å². The zero-order valence-corrected chi connectivity index (χ0v) is 15.0. The number of methoxy groups -OCH3 is 1. The highest BCUT2D eigenvalue weighted by Gasteiger charge is 2.32. The minimum absolute atomic E-state index is 0.0171. The SMILES string of the molecule is COc1ccc(C(=O)c2ccc(CC[C@H]3COC(C)(C)O3)cc2)cc1. The van der Waals surface area contributed by atoms with Crippen molar-refractivity contribution in [2.75, 3.05) is 13.7 Å². The van der Waals surface area contributed by atoms with Crippen LogP contribution in [-0.2, 0) is 15.9 Å². The Bertz CT molecular complexity index is 717. The molecule has 4 heteroatoms. The summed E-state index contributed by atoms with van der Waals surface area (Å²) >= 11 is 0. The highest BCUT2D eigenvalue weighted by molar-refractivity contribution is 6.09. The molecule has 0 radical (unpaired) electrons. The Morgan fingerprint density at radius 2 is 1.68 bits per heavy atom. The number of hydrogen-bond acceptors (Lipinski definition) is 4. The molecule has 0 spiro atoms. The van der Waals surface area contributed by atoms with E-state index in [9.17, 15) is 4.79 Å². The Balaban J connectivity index is 1.58. The lowest BCUT2D eigenvalue weighted by molar-refractivity contribution is -0.138. The van der Waals surface area contributed by atoms with E-state index >= 15 is 0 Å². The molecule has 0 aromatic heterocycles. The number of benzene rings is 2. The molecule has 4 nitrogen and oxygen atoms in total. The Morgan fingerprint density at radius 1 is 1.08 bits per heavy atom. The van der Waals surface area contributed by atoms with Gasteiger partial charge in [0.15, 0.2) is 11.6 Å². The van der Waals surface area contributed by atoms with Crippen molar-refractivity contribution in [2.45, 2.75) is 38.6 Å². The zero-order valence-electron chi connectivity index (χ0n) is 15.0. The van der Waals surface area contributed by atoms with Crippen molar-refractivity contribution >= 4 is 5.78 Å². The maximum absolute atomic E-state index is 12.5. The lowest BCUT2D eigenvalue weighted by Crippen LogP contribution is -2.21. The maximum Gasteiger partial charge on any atom is 0.193 e. The van der Waals surface area contributed by atoms with E-state index in [2.05, 4.69) is 0 Å². The normalized spacial score (nSPS) is 18.9. The summed E-state index contributed by atoms with van der Waals surface area (Å²) in [4.78, 5) is 12.5. The number of aryl methyl sites for hydroxylation is 1. The number of ether oxygens (including phenoxy) is 3. The van der Waals surface area contributed by atoms with Crippen LogP contribution in [0.15, 0.2) is 48.5 Å². The molecule has 2 aromatic rings. The molecule has 0 bridgehead atoms. The average Bonchev–Trinajstić information content (AvgIpc) is 2.99. The van der Waals surface area contributed by atoms with Crippen LogP contribution in [0.3, 0.4) is 0 Å². The van der Waals surface area contributed by atoms with Crippen LogP contribution in [0, 0.1) is 0 Å². The molecule has 132 valence electrons. The van der Waals surface area contributed by atoms with Crippen LogP contribution in [0.25, 0.3) is 0 Å². The van der Waals surface area contributed by atoms with Crippen LogP contribution < -0.4 is 4.74 Å². The van der Waals surface area contributed by atoms with Crippen molar-refractivity contribution < 1.29 is 19.0 Å². The maximum atomic E-state index is 12.5. The summed E-state index contributed by atoms with van der Waals surface area (Å²) in [5, 5.41) is 0. The second-order valence-corrected chi connectivity index (χ2v) is 6.74. The summed E-state index contributed by atoms with van der Waals surface area (Å²) in [6, 6.07) is 15.0. The summed E-state index contributed by atoms with van der Waals surface area (Å²) in [6.07, 6.45) is 1.95. The molecule has 0 saturated carbocycles. The van der Waals surface area contributed by atoms with E-state index in [0.717, 1.165) is 18.6 Å². The Morgan fingerprint density at radius 3 is 2.20 bits per heavy atom. The molecule has 1 fully saturated rings. The van der Waals surface area contributed by atoms with Crippen LogP contribution in [0.4, 0.5) is 0 Å². The van der Waals surface area contributed by atoms with E-state index in [4.69, 9.17) is 14.2 Å². The number of carbonyl (C=O) groups excluding carboxylic acids is 1. The molecule has 0 aliphatic carbocycles. The molecule has 1 aliphatic heterocycles. The predicted octanol–water partition coefficient (Wildman–Crippen LogP) is 4.01. The van der Waals surface area contributed by atoms with Gasteiger partial charge in [0.1, 0.15) is 5.75 Å². The van der Waals surface area contributed by atoms with Gasteiger partial charge in [0.2, 0.25) is 0 Å². The number of carbonyl (C=O) groups is 1. The van der Waals surface area contributed by atoms with Gasteiger partial charge >= 0.3 is 0 Å². The van der Waals surface area contributed by atoms with Gasteiger partial charge in [-0.05, 0) is 56.5 Å². The molecule has 1 heterocycles. The van der Waals surface area contributed by atoms with Gasteiger partial charge in [-0.2, -0.15) is 0 Å². The molecular formula is C21H24O4. The van der Waals surface area contributed by atoms with Crippen molar-refractivity contribution in [3.8, 4) is 5.75 Å². The van der Waals surface area contributed by atoms with E-state index in [-0.39, 0.29) is 11.9 Å². The van der Waals surface area contributed by atoms with Crippen LogP contribution in [0.5, 0.6) is 5.75 Å². The highest BCUT2D eigenvalue weighted by atomic mass is 16.7. The fourth-order valence-electron chi connectivity index (χ4n) is 2.96. The summed E-state index contributed by atoms with van der Waals surface area (Å²) in [5.74, 6) is 0.288. The molecule has 1 aliphatic rings. The number of hydrogen-bond donors (Lipinski definition) is 0. The molecule has 1 atom stereocenters. The second-order valence-electron chi connectivity index (χ2n) is 6.74. The van der Waals surface area contributed by atoms with Gasteiger partial charge in [-0.15, -0.1) is 0 Å². The molecule has 2 aromatic carbocycles. The van der Waals surface area contributed by atoms with Crippen molar-refractivity contribution in [1.82, 2.24) is 0 Å². The van der Waals surface area contributed by atoms with Gasteiger partial charge in [-0.25, -0.2) is 0 Å². The largest absolute Gasteiger partial charge is 0.497 e. The van der Waals surface area contributed by atoms with Gasteiger partial charge in [0, 0.05) is 11.1 Å². The topological polar surface area (TPSA) is 44.8 Å². The zero-order chi connectivity index (χ0) is 17.9. The van der Waals surface area contributed by atoms with Crippen molar-refractivity contribution in [1.29, 1.82) is 0 Å². The summed E-state index contributed by atoms with van der Waals surface area (Å²) < 4.78 is 16.5. The van der Waals surface area contributed by atoms with Gasteiger partial charge in [-0.3, -0.25) is 4.79 Å². The molecule has 0 unspecified atom stereocenters. The quantitative estimate of drug-likeness (QED) is 0.745. The van der Waals surface area contributed by atoms with Gasteiger partial charge < -0.3 is 14.2 Å². The Kier molecular flexibility index (Phi) is 5.21. The van der Waals surface area contributed by atoms with Crippen molar-refractivity contribution in [3.05, 3.63) is 65.2 Å². The van der Waals surface area contributed by atoms with E-state index in [1.807, 2.05) is 38.1 Å². The standard InChI is InChI=1S/C21H24O4/c1-21(2)24-14-19(25-21)11-6-15-4-7-16(8-5-15)20(22)17-9-12-18(23-3)13-10-17/h4-5,7-10,12-13,19H,6,11,14H2,1-3H3/t19-/m0/s1. The minimum Gasteiger partial charge on any atom is -0.497 e. The number of ketones is 1. The first-order valence-corrected chi connectivity index (χ1v) is 8.56. The lowest BCUT2D eigenvalue weighted by Gasteiger charge is -2.17. The van der Waals surface area contributed by atoms with Crippen LogP contribution >= 0.6 is 0 Å². The molecule has 1 saturated heterocycles. The van der Waals surface area contributed by atoms with Crippen molar-refractivity contribution in [3.63, 3.8) is 0 Å². The van der Waals surface area contributed by atoms with E-state index in [0.29, 0.717) is 17.7 Å². The highest BCUT2D eigenvalue weighted by Crippen LogP contribution is 2.25. The summed E-state index contributed by atoms with van der Waals surface area (Å²) in [7, 11) is 1.61. The fraction of sp³-hybridized carbons (Fsp3) is 0.381. The van der Waals surface area contributed by atoms with E-state index in [1.54, 1.807) is 31.4 Å². The van der Waals surface area contributed by atoms with E-state index < -0.39 is 5.79 Å².